The van der Waals surface area contributed by atoms with Crippen molar-refractivity contribution in [3.8, 4) is 11.5 Å². The lowest BCUT2D eigenvalue weighted by atomic mass is 10.2. The second-order valence-electron chi connectivity index (χ2n) is 8.92. The molecule has 1 amide bonds. The smallest absolute Gasteiger partial charge is 0.257 e. The molecule has 0 spiro atoms. The van der Waals surface area contributed by atoms with Crippen molar-refractivity contribution in [2.75, 3.05) is 19.8 Å². The van der Waals surface area contributed by atoms with Gasteiger partial charge in [-0.1, -0.05) is 60.5 Å². The van der Waals surface area contributed by atoms with Gasteiger partial charge >= 0.3 is 0 Å². The Balaban J connectivity index is 1.17. The van der Waals surface area contributed by atoms with E-state index in [1.54, 1.807) is 0 Å². The van der Waals surface area contributed by atoms with Crippen molar-refractivity contribution in [1.82, 2.24) is 14.9 Å². The van der Waals surface area contributed by atoms with E-state index in [1.807, 2.05) is 60.7 Å². The van der Waals surface area contributed by atoms with Crippen LogP contribution in [0.2, 0.25) is 5.02 Å². The molecule has 0 saturated heterocycles. The van der Waals surface area contributed by atoms with Gasteiger partial charge in [0.05, 0.1) is 22.7 Å². The second kappa shape index (κ2) is 14.3. The first-order valence-electron chi connectivity index (χ1n) is 13.0. The van der Waals surface area contributed by atoms with Crippen LogP contribution in [0.4, 0.5) is 0 Å². The molecule has 194 valence electrons. The van der Waals surface area contributed by atoms with Gasteiger partial charge in [0.2, 0.25) is 0 Å². The van der Waals surface area contributed by atoms with Gasteiger partial charge in [0.1, 0.15) is 17.3 Å². The fraction of sp³-hybridized carbons (Fsp3) is 0.333. The molecule has 1 N–H and O–H groups in total. The first kappa shape index (κ1) is 26.6. The zero-order valence-corrected chi connectivity index (χ0v) is 21.8. The monoisotopic (exact) mass is 519 g/mol. The van der Waals surface area contributed by atoms with E-state index >= 15 is 0 Å². The van der Waals surface area contributed by atoms with Crippen molar-refractivity contribution in [2.24, 2.45) is 0 Å². The van der Waals surface area contributed by atoms with Crippen LogP contribution < -0.4 is 14.8 Å². The van der Waals surface area contributed by atoms with Crippen molar-refractivity contribution < 1.29 is 14.3 Å². The van der Waals surface area contributed by atoms with Gasteiger partial charge in [0.15, 0.2) is 6.61 Å². The molecule has 6 nitrogen and oxygen atoms in total. The molecule has 37 heavy (non-hydrogen) atoms. The summed E-state index contributed by atoms with van der Waals surface area (Å²) >= 11 is 6.17. The number of nitrogens with zero attached hydrogens (tertiary/aromatic N) is 2. The van der Waals surface area contributed by atoms with E-state index in [4.69, 9.17) is 26.1 Å². The molecule has 0 radical (unpaired) electrons. The zero-order chi connectivity index (χ0) is 25.7. The number of fused-ring (bicyclic) bond motifs is 1. The highest BCUT2D eigenvalue weighted by Gasteiger charge is 2.10. The van der Waals surface area contributed by atoms with Crippen LogP contribution in [0.5, 0.6) is 11.5 Å². The van der Waals surface area contributed by atoms with Gasteiger partial charge in [0.25, 0.3) is 5.91 Å². The molecule has 4 rings (SSSR count). The fourth-order valence-corrected chi connectivity index (χ4v) is 4.40. The fourth-order valence-electron chi connectivity index (χ4n) is 4.21. The van der Waals surface area contributed by atoms with Crippen LogP contribution in [-0.4, -0.2) is 35.2 Å². The second-order valence-corrected chi connectivity index (χ2v) is 9.32. The predicted molar refractivity (Wildman–Crippen MR) is 148 cm³/mol. The normalized spacial score (nSPS) is 10.9. The third kappa shape index (κ3) is 8.25. The van der Waals surface area contributed by atoms with Gasteiger partial charge in [-0.3, -0.25) is 4.79 Å². The van der Waals surface area contributed by atoms with E-state index < -0.39 is 0 Å². The van der Waals surface area contributed by atoms with Crippen molar-refractivity contribution in [3.63, 3.8) is 0 Å². The maximum Gasteiger partial charge on any atom is 0.257 e. The highest BCUT2D eigenvalue weighted by molar-refractivity contribution is 6.32. The Labute approximate surface area is 223 Å². The van der Waals surface area contributed by atoms with E-state index in [-0.39, 0.29) is 12.5 Å². The molecule has 1 heterocycles. The van der Waals surface area contributed by atoms with Gasteiger partial charge < -0.3 is 19.4 Å². The molecule has 0 aliphatic carbocycles. The Kier molecular flexibility index (Phi) is 10.3. The summed E-state index contributed by atoms with van der Waals surface area (Å²) in [6, 6.07) is 25.3. The van der Waals surface area contributed by atoms with Crippen LogP contribution in [0.3, 0.4) is 0 Å². The van der Waals surface area contributed by atoms with Crippen molar-refractivity contribution >= 4 is 28.5 Å². The number of hydrogen-bond donors (Lipinski definition) is 1. The van der Waals surface area contributed by atoms with Crippen LogP contribution in [0.25, 0.3) is 11.0 Å². The lowest BCUT2D eigenvalue weighted by Gasteiger charge is -2.11. The SMILES string of the molecule is O=C(COc1ccccc1)NCCCCCc1nc2ccccc2n1CCCCOc1ccccc1Cl. The Hall–Kier alpha value is -3.51. The quantitative estimate of drug-likeness (QED) is 0.183. The molecule has 7 heteroatoms. The average Bonchev–Trinajstić information content (AvgIpc) is 3.28. The largest absolute Gasteiger partial charge is 0.492 e. The van der Waals surface area contributed by atoms with E-state index in [0.29, 0.717) is 23.9 Å². The average molecular weight is 520 g/mol. The van der Waals surface area contributed by atoms with Gasteiger partial charge in [-0.25, -0.2) is 4.98 Å². The number of benzene rings is 3. The number of halogens is 1. The number of hydrogen-bond acceptors (Lipinski definition) is 4. The summed E-state index contributed by atoms with van der Waals surface area (Å²) in [4.78, 5) is 16.9. The Morgan fingerprint density at radius 3 is 2.49 bits per heavy atom. The van der Waals surface area contributed by atoms with Crippen molar-refractivity contribution in [2.45, 2.75) is 45.1 Å². The van der Waals surface area contributed by atoms with E-state index in [0.717, 1.165) is 62.2 Å². The third-order valence-electron chi connectivity index (χ3n) is 6.12. The molecule has 0 aliphatic heterocycles. The minimum absolute atomic E-state index is 0.0392. The van der Waals surface area contributed by atoms with Crippen LogP contribution in [-0.2, 0) is 17.8 Å². The number of nitrogens with one attached hydrogen (secondary N) is 1. The summed E-state index contributed by atoms with van der Waals surface area (Å²) in [5.74, 6) is 2.46. The molecule has 0 fully saturated rings. The first-order chi connectivity index (χ1) is 18.2. The standard InChI is InChI=1S/C30H34ClN3O3/c31-25-15-6-9-18-28(25)36-22-12-11-21-34-27-17-8-7-16-26(27)33-29(34)19-5-2-10-20-32-30(35)23-37-24-13-3-1-4-14-24/h1,3-4,6-9,13-18H,2,5,10-12,19-23H2,(H,32,35). The van der Waals surface area contributed by atoms with Gasteiger partial charge in [0, 0.05) is 19.5 Å². The number of rotatable bonds is 15. The molecular formula is C30H34ClN3O3. The van der Waals surface area contributed by atoms with E-state index in [1.165, 1.54) is 5.52 Å². The molecular weight excluding hydrogens is 486 g/mol. The Bertz CT molecular complexity index is 1260. The molecule has 4 aromatic rings. The van der Waals surface area contributed by atoms with Crippen LogP contribution in [0.15, 0.2) is 78.9 Å². The summed E-state index contributed by atoms with van der Waals surface area (Å²) < 4.78 is 13.7. The summed E-state index contributed by atoms with van der Waals surface area (Å²) in [6.07, 6.45) is 5.82. The maximum atomic E-state index is 12.0. The number of unbranched alkanes of at least 4 members (excludes halogenated alkanes) is 3. The number of carbonyl (C=O) groups excluding carboxylic acids is 1. The summed E-state index contributed by atoms with van der Waals surface area (Å²) in [6.45, 7) is 2.23. The molecule has 0 atom stereocenters. The molecule has 0 unspecified atom stereocenters. The number of para-hydroxylation sites is 4. The lowest BCUT2D eigenvalue weighted by molar-refractivity contribution is -0.123. The number of aryl methyl sites for hydroxylation is 2. The minimum atomic E-state index is -0.0934. The predicted octanol–water partition coefficient (Wildman–Crippen LogP) is 6.46. The number of amides is 1. The molecule has 0 aliphatic rings. The van der Waals surface area contributed by atoms with Crippen molar-refractivity contribution in [3.05, 3.63) is 89.7 Å². The number of imidazole rings is 1. The summed E-state index contributed by atoms with van der Waals surface area (Å²) in [7, 11) is 0. The number of aromatic nitrogens is 2. The highest BCUT2D eigenvalue weighted by atomic mass is 35.5. The van der Waals surface area contributed by atoms with Gasteiger partial charge in [-0.2, -0.15) is 0 Å². The number of carbonyl (C=O) groups is 1. The topological polar surface area (TPSA) is 65.4 Å². The van der Waals surface area contributed by atoms with Crippen LogP contribution in [0, 0.1) is 0 Å². The molecule has 0 bridgehead atoms. The van der Waals surface area contributed by atoms with Crippen LogP contribution in [0.1, 0.15) is 37.9 Å². The zero-order valence-electron chi connectivity index (χ0n) is 21.1. The van der Waals surface area contributed by atoms with Crippen molar-refractivity contribution in [1.29, 1.82) is 0 Å². The summed E-state index contributed by atoms with van der Waals surface area (Å²) in [5.41, 5.74) is 2.21. The Morgan fingerprint density at radius 2 is 1.62 bits per heavy atom. The van der Waals surface area contributed by atoms with Gasteiger partial charge in [-0.15, -0.1) is 0 Å². The molecule has 1 aromatic heterocycles. The minimum Gasteiger partial charge on any atom is -0.492 e. The molecule has 3 aromatic carbocycles. The third-order valence-corrected chi connectivity index (χ3v) is 6.43. The Morgan fingerprint density at radius 1 is 0.838 bits per heavy atom. The molecule has 0 saturated carbocycles. The van der Waals surface area contributed by atoms with E-state index in [9.17, 15) is 4.79 Å². The number of ether oxygens (including phenoxy) is 2. The first-order valence-corrected chi connectivity index (χ1v) is 13.3. The van der Waals surface area contributed by atoms with E-state index in [2.05, 4.69) is 28.1 Å². The maximum absolute atomic E-state index is 12.0. The highest BCUT2D eigenvalue weighted by Crippen LogP contribution is 2.23. The summed E-state index contributed by atoms with van der Waals surface area (Å²) in [5, 5.41) is 3.58. The van der Waals surface area contributed by atoms with Gasteiger partial charge in [-0.05, 0) is 62.1 Å². The lowest BCUT2D eigenvalue weighted by Crippen LogP contribution is -2.29. The van der Waals surface area contributed by atoms with Crippen LogP contribution >= 0.6 is 11.6 Å².